The Morgan fingerprint density at radius 1 is 1.03 bits per heavy atom. The molecule has 3 amide bonds. The third kappa shape index (κ3) is 4.30. The van der Waals surface area contributed by atoms with Crippen LogP contribution in [-0.2, 0) is 28.3 Å². The van der Waals surface area contributed by atoms with Crippen molar-refractivity contribution in [1.29, 1.82) is 0 Å². The van der Waals surface area contributed by atoms with E-state index in [2.05, 4.69) is 22.3 Å². The molecule has 0 aliphatic carbocycles. The summed E-state index contributed by atoms with van der Waals surface area (Å²) >= 11 is 0. The van der Waals surface area contributed by atoms with Gasteiger partial charge >= 0.3 is 0 Å². The molecule has 2 aromatic carbocycles. The molecule has 3 aliphatic heterocycles. The van der Waals surface area contributed by atoms with E-state index in [4.69, 9.17) is 0 Å². The number of hydrogen-bond acceptors (Lipinski definition) is 5. The van der Waals surface area contributed by atoms with Crippen molar-refractivity contribution >= 4 is 17.7 Å². The van der Waals surface area contributed by atoms with E-state index in [9.17, 15) is 19.5 Å². The minimum Gasteiger partial charge on any atom is -0.385 e. The number of fused-ring (bicyclic) bond motifs is 1. The lowest BCUT2D eigenvalue weighted by molar-refractivity contribution is -0.136. The number of likely N-dealkylation sites (tertiary alicyclic amines) is 1. The Morgan fingerprint density at radius 3 is 2.64 bits per heavy atom. The first kappa shape index (κ1) is 21.8. The average molecular weight is 448 g/mol. The molecular weight excluding hydrogens is 418 g/mol. The zero-order chi connectivity index (χ0) is 23.0. The number of piperidine rings is 1. The molecule has 7 nitrogen and oxygen atoms in total. The highest BCUT2D eigenvalue weighted by Gasteiger charge is 2.40. The number of benzene rings is 2. The maximum Gasteiger partial charge on any atom is 0.255 e. The summed E-state index contributed by atoms with van der Waals surface area (Å²) in [4.78, 5) is 40.6. The van der Waals surface area contributed by atoms with Gasteiger partial charge in [0.2, 0.25) is 11.8 Å². The number of amides is 3. The summed E-state index contributed by atoms with van der Waals surface area (Å²) < 4.78 is 0. The van der Waals surface area contributed by atoms with Gasteiger partial charge in [0.05, 0.1) is 5.60 Å². The van der Waals surface area contributed by atoms with E-state index < -0.39 is 17.6 Å². The summed E-state index contributed by atoms with van der Waals surface area (Å²) in [5.41, 5.74) is 2.58. The summed E-state index contributed by atoms with van der Waals surface area (Å²) in [6, 6.07) is 15.3. The zero-order valence-electron chi connectivity index (χ0n) is 18.6. The normalized spacial score (nSPS) is 26.2. The van der Waals surface area contributed by atoms with Crippen molar-refractivity contribution in [3.8, 4) is 0 Å². The lowest BCUT2D eigenvalue weighted by atomic mass is 9.85. The van der Waals surface area contributed by atoms with Gasteiger partial charge in [-0.05, 0) is 55.0 Å². The highest BCUT2D eigenvalue weighted by molar-refractivity contribution is 6.05. The van der Waals surface area contributed by atoms with Crippen LogP contribution >= 0.6 is 0 Å². The molecule has 2 aromatic rings. The van der Waals surface area contributed by atoms with Gasteiger partial charge < -0.3 is 10.0 Å². The molecule has 0 radical (unpaired) electrons. The molecule has 0 bridgehead atoms. The molecule has 0 spiro atoms. The highest BCUT2D eigenvalue weighted by atomic mass is 16.3. The number of rotatable bonds is 4. The summed E-state index contributed by atoms with van der Waals surface area (Å²) in [5.74, 6) is -0.888. The molecule has 7 heteroatoms. The van der Waals surface area contributed by atoms with E-state index in [-0.39, 0.29) is 18.2 Å². The Hall–Kier alpha value is -3.03. The van der Waals surface area contributed by atoms with Crippen molar-refractivity contribution in [2.24, 2.45) is 0 Å². The number of carbonyl (C=O) groups is 3. The van der Waals surface area contributed by atoms with Crippen LogP contribution in [0.5, 0.6) is 0 Å². The minimum absolute atomic E-state index is 0.187. The van der Waals surface area contributed by atoms with E-state index in [0.717, 1.165) is 37.2 Å². The second kappa shape index (κ2) is 8.72. The van der Waals surface area contributed by atoms with Crippen LogP contribution in [-0.4, -0.2) is 51.8 Å². The summed E-state index contributed by atoms with van der Waals surface area (Å²) in [5, 5.41) is 13.9. The number of nitrogens with one attached hydrogen (secondary N) is 1. The van der Waals surface area contributed by atoms with Crippen molar-refractivity contribution < 1.29 is 19.5 Å². The Labute approximate surface area is 193 Å². The fourth-order valence-corrected chi connectivity index (χ4v) is 5.33. The molecule has 0 saturated carbocycles. The van der Waals surface area contributed by atoms with Crippen LogP contribution in [0.3, 0.4) is 0 Å². The van der Waals surface area contributed by atoms with E-state index >= 15 is 0 Å². The molecule has 172 valence electrons. The highest BCUT2D eigenvalue weighted by Crippen LogP contribution is 2.36. The van der Waals surface area contributed by atoms with E-state index in [1.165, 1.54) is 5.56 Å². The Morgan fingerprint density at radius 2 is 1.85 bits per heavy atom. The molecule has 33 heavy (non-hydrogen) atoms. The van der Waals surface area contributed by atoms with Crippen molar-refractivity contribution in [2.75, 3.05) is 13.1 Å². The van der Waals surface area contributed by atoms with Crippen molar-refractivity contribution in [1.82, 2.24) is 15.1 Å². The van der Waals surface area contributed by atoms with Gasteiger partial charge in [0.1, 0.15) is 6.04 Å². The first-order valence-electron chi connectivity index (χ1n) is 11.7. The van der Waals surface area contributed by atoms with Crippen molar-refractivity contribution in [2.45, 2.75) is 56.8 Å². The van der Waals surface area contributed by atoms with Crippen molar-refractivity contribution in [3.63, 3.8) is 0 Å². The fraction of sp³-hybridized carbons (Fsp3) is 0.423. The molecule has 2 saturated heterocycles. The topological polar surface area (TPSA) is 90.0 Å². The molecule has 2 unspecified atom stereocenters. The van der Waals surface area contributed by atoms with E-state index in [0.29, 0.717) is 31.4 Å². The standard InChI is InChI=1S/C26H29N3O4/c30-23-10-9-22(24(31)27-23)29-17-19-15-20(7-8-21(19)25(29)32)26(33)11-4-13-28(14-12-26)16-18-5-2-1-3-6-18/h1-3,5-8,15,22,33H,4,9-14,16-17H2,(H,27,30,31). The maximum absolute atomic E-state index is 13.0. The second-order valence-electron chi connectivity index (χ2n) is 9.42. The smallest absolute Gasteiger partial charge is 0.255 e. The molecule has 2 fully saturated rings. The van der Waals surface area contributed by atoms with Gasteiger partial charge in [-0.15, -0.1) is 0 Å². The fourth-order valence-electron chi connectivity index (χ4n) is 5.33. The van der Waals surface area contributed by atoms with Crippen LogP contribution < -0.4 is 5.32 Å². The number of hydrogen-bond donors (Lipinski definition) is 2. The molecule has 2 atom stereocenters. The Bertz CT molecular complexity index is 1090. The third-order valence-corrected chi connectivity index (χ3v) is 7.22. The van der Waals surface area contributed by atoms with Crippen LogP contribution in [0.15, 0.2) is 48.5 Å². The van der Waals surface area contributed by atoms with Crippen LogP contribution in [0.1, 0.15) is 59.2 Å². The van der Waals surface area contributed by atoms with Crippen molar-refractivity contribution in [3.05, 3.63) is 70.8 Å². The third-order valence-electron chi connectivity index (χ3n) is 7.22. The molecule has 0 aromatic heterocycles. The first-order valence-corrected chi connectivity index (χ1v) is 11.7. The van der Waals surface area contributed by atoms with Crippen LogP contribution in [0, 0.1) is 0 Å². The number of carbonyl (C=O) groups excluding carboxylic acids is 3. The molecule has 2 N–H and O–H groups in total. The SMILES string of the molecule is O=C1CCC(N2Cc3cc(C4(O)CCCN(Cc5ccccc5)CC4)ccc3C2=O)C(=O)N1. The first-order chi connectivity index (χ1) is 15.9. The molecule has 5 rings (SSSR count). The molecule has 3 heterocycles. The maximum atomic E-state index is 13.0. The van der Waals surface area contributed by atoms with Gasteiger partial charge in [-0.2, -0.15) is 0 Å². The molecular formula is C26H29N3O4. The van der Waals surface area contributed by atoms with Gasteiger partial charge in [0, 0.05) is 31.6 Å². The van der Waals surface area contributed by atoms with Gasteiger partial charge in [-0.25, -0.2) is 0 Å². The van der Waals surface area contributed by atoms with Gasteiger partial charge in [0.15, 0.2) is 0 Å². The monoisotopic (exact) mass is 447 g/mol. The predicted molar refractivity (Wildman–Crippen MR) is 122 cm³/mol. The van der Waals surface area contributed by atoms with Crippen LogP contribution in [0.2, 0.25) is 0 Å². The molecule has 3 aliphatic rings. The summed E-state index contributed by atoms with van der Waals surface area (Å²) in [6.45, 7) is 2.93. The lowest BCUT2D eigenvalue weighted by Crippen LogP contribution is -2.52. The van der Waals surface area contributed by atoms with E-state index in [1.807, 2.05) is 30.3 Å². The minimum atomic E-state index is -0.939. The largest absolute Gasteiger partial charge is 0.385 e. The second-order valence-corrected chi connectivity index (χ2v) is 9.42. The average Bonchev–Trinajstić information content (AvgIpc) is 3.01. The number of imide groups is 1. The van der Waals surface area contributed by atoms with Crippen LogP contribution in [0.25, 0.3) is 0 Å². The Balaban J connectivity index is 1.30. The zero-order valence-corrected chi connectivity index (χ0v) is 18.6. The predicted octanol–water partition coefficient (Wildman–Crippen LogP) is 2.32. The van der Waals surface area contributed by atoms with Gasteiger partial charge in [-0.1, -0.05) is 42.5 Å². The lowest BCUT2D eigenvalue weighted by Gasteiger charge is -2.29. The van der Waals surface area contributed by atoms with Crippen LogP contribution in [0.4, 0.5) is 0 Å². The quantitative estimate of drug-likeness (QED) is 0.702. The summed E-state index contributed by atoms with van der Waals surface area (Å²) in [6.07, 6.45) is 2.77. The Kier molecular flexibility index (Phi) is 5.76. The number of aliphatic hydroxyl groups is 1. The van der Waals surface area contributed by atoms with Gasteiger partial charge in [-0.3, -0.25) is 24.6 Å². The summed E-state index contributed by atoms with van der Waals surface area (Å²) in [7, 11) is 0. The number of nitrogens with zero attached hydrogens (tertiary/aromatic N) is 2. The van der Waals surface area contributed by atoms with E-state index in [1.54, 1.807) is 11.0 Å². The van der Waals surface area contributed by atoms with Gasteiger partial charge in [0.25, 0.3) is 5.91 Å².